The van der Waals surface area contributed by atoms with Crippen molar-refractivity contribution in [3.05, 3.63) is 0 Å². The predicted molar refractivity (Wildman–Crippen MR) is 40.3 cm³/mol. The zero-order valence-corrected chi connectivity index (χ0v) is 6.55. The van der Waals surface area contributed by atoms with Gasteiger partial charge in [0.15, 0.2) is 11.6 Å². The molecule has 0 spiro atoms. The van der Waals surface area contributed by atoms with E-state index < -0.39 is 0 Å². The highest BCUT2D eigenvalue weighted by Gasteiger charge is 2.21. The molecule has 0 bridgehead atoms. The fourth-order valence-corrected chi connectivity index (χ4v) is 0.775. The van der Waals surface area contributed by atoms with Gasteiger partial charge >= 0.3 is 0 Å². The molecule has 1 rings (SSSR count). The molecule has 0 saturated carbocycles. The SMILES string of the molecule is CC(C)C(=O)C1=NCC(=O)N1. The third-order valence-corrected chi connectivity index (χ3v) is 1.40. The van der Waals surface area contributed by atoms with Crippen LogP contribution in [0, 0.1) is 5.92 Å². The van der Waals surface area contributed by atoms with Crippen molar-refractivity contribution in [1.29, 1.82) is 0 Å². The Balaban J connectivity index is 2.63. The molecule has 0 aromatic carbocycles. The normalized spacial score (nSPS) is 16.6. The molecule has 0 saturated heterocycles. The van der Waals surface area contributed by atoms with Gasteiger partial charge in [0.2, 0.25) is 5.91 Å². The van der Waals surface area contributed by atoms with E-state index in [4.69, 9.17) is 0 Å². The van der Waals surface area contributed by atoms with E-state index in [2.05, 4.69) is 10.3 Å². The lowest BCUT2D eigenvalue weighted by atomic mass is 10.1. The molecule has 11 heavy (non-hydrogen) atoms. The van der Waals surface area contributed by atoms with Gasteiger partial charge in [0.25, 0.3) is 0 Å². The van der Waals surface area contributed by atoms with Crippen LogP contribution in [0.15, 0.2) is 4.99 Å². The fraction of sp³-hybridized carbons (Fsp3) is 0.571. The van der Waals surface area contributed by atoms with E-state index in [1.54, 1.807) is 13.8 Å². The molecule has 1 N–H and O–H groups in total. The van der Waals surface area contributed by atoms with Crippen LogP contribution in [0.25, 0.3) is 0 Å². The van der Waals surface area contributed by atoms with Gasteiger partial charge in [0.1, 0.15) is 6.54 Å². The average Bonchev–Trinajstić information content (AvgIpc) is 2.34. The number of carbonyl (C=O) groups is 2. The summed E-state index contributed by atoms with van der Waals surface area (Å²) < 4.78 is 0. The van der Waals surface area contributed by atoms with Crippen LogP contribution in [0.5, 0.6) is 0 Å². The van der Waals surface area contributed by atoms with Crippen molar-refractivity contribution in [3.63, 3.8) is 0 Å². The van der Waals surface area contributed by atoms with Crippen molar-refractivity contribution in [2.75, 3.05) is 6.54 Å². The van der Waals surface area contributed by atoms with E-state index in [0.29, 0.717) is 0 Å². The molecule has 0 radical (unpaired) electrons. The van der Waals surface area contributed by atoms with Gasteiger partial charge < -0.3 is 5.32 Å². The third-order valence-electron chi connectivity index (χ3n) is 1.40. The maximum Gasteiger partial charge on any atom is 0.247 e. The Hall–Kier alpha value is -1.19. The molecular formula is C7H10N2O2. The molecule has 1 aliphatic heterocycles. The van der Waals surface area contributed by atoms with E-state index in [1.165, 1.54) is 0 Å². The number of rotatable bonds is 2. The molecule has 60 valence electrons. The van der Waals surface area contributed by atoms with Gasteiger partial charge in [-0.05, 0) is 0 Å². The van der Waals surface area contributed by atoms with Gasteiger partial charge in [-0.1, -0.05) is 13.8 Å². The first-order valence-corrected chi connectivity index (χ1v) is 3.50. The van der Waals surface area contributed by atoms with Crippen LogP contribution in [0.3, 0.4) is 0 Å². The van der Waals surface area contributed by atoms with E-state index in [-0.39, 0.29) is 30.0 Å². The Morgan fingerprint density at radius 3 is 2.64 bits per heavy atom. The maximum atomic E-state index is 11.1. The number of nitrogens with zero attached hydrogens (tertiary/aromatic N) is 1. The summed E-state index contributed by atoms with van der Waals surface area (Å²) >= 11 is 0. The van der Waals surface area contributed by atoms with E-state index in [0.717, 1.165) is 0 Å². The second kappa shape index (κ2) is 2.82. The van der Waals surface area contributed by atoms with Crippen LogP contribution in [0.1, 0.15) is 13.8 Å². The molecule has 0 aromatic heterocycles. The summed E-state index contributed by atoms with van der Waals surface area (Å²) in [5.41, 5.74) is 0. The Bertz CT molecular complexity index is 231. The summed E-state index contributed by atoms with van der Waals surface area (Å²) in [7, 11) is 0. The van der Waals surface area contributed by atoms with Crippen molar-refractivity contribution in [2.45, 2.75) is 13.8 Å². The molecule has 0 fully saturated rings. The van der Waals surface area contributed by atoms with Gasteiger partial charge in [0, 0.05) is 5.92 Å². The summed E-state index contributed by atoms with van der Waals surface area (Å²) in [6, 6.07) is 0. The van der Waals surface area contributed by atoms with Crippen molar-refractivity contribution < 1.29 is 9.59 Å². The molecule has 1 heterocycles. The van der Waals surface area contributed by atoms with Crippen molar-refractivity contribution >= 4 is 17.5 Å². The lowest BCUT2D eigenvalue weighted by molar-refractivity contribution is -0.119. The zero-order chi connectivity index (χ0) is 8.43. The van der Waals surface area contributed by atoms with Crippen LogP contribution >= 0.6 is 0 Å². The molecule has 1 amide bonds. The minimum absolute atomic E-state index is 0.0911. The topological polar surface area (TPSA) is 58.5 Å². The Kier molecular flexibility index (Phi) is 2.03. The molecule has 4 nitrogen and oxygen atoms in total. The molecule has 0 aliphatic carbocycles. The van der Waals surface area contributed by atoms with Gasteiger partial charge in [-0.15, -0.1) is 0 Å². The molecular weight excluding hydrogens is 144 g/mol. The highest BCUT2D eigenvalue weighted by molar-refractivity contribution is 6.43. The lowest BCUT2D eigenvalue weighted by Gasteiger charge is -2.01. The number of amidine groups is 1. The Morgan fingerprint density at radius 1 is 1.64 bits per heavy atom. The predicted octanol–water partition coefficient (Wildman–Crippen LogP) is -0.260. The number of hydrogen-bond acceptors (Lipinski definition) is 3. The first-order chi connectivity index (χ1) is 5.11. The van der Waals surface area contributed by atoms with Crippen LogP contribution in [0.2, 0.25) is 0 Å². The van der Waals surface area contributed by atoms with Crippen LogP contribution in [-0.4, -0.2) is 24.1 Å². The monoisotopic (exact) mass is 154 g/mol. The summed E-state index contributed by atoms with van der Waals surface area (Å²) in [6.07, 6.45) is 0. The Morgan fingerprint density at radius 2 is 2.27 bits per heavy atom. The third kappa shape index (κ3) is 1.63. The number of aliphatic imine (C=N–C) groups is 1. The molecule has 0 unspecified atom stereocenters. The summed E-state index contributed by atoms with van der Waals surface area (Å²) in [5.74, 6) is -0.193. The number of amides is 1. The first-order valence-electron chi connectivity index (χ1n) is 3.50. The smallest absolute Gasteiger partial charge is 0.247 e. The lowest BCUT2D eigenvalue weighted by Crippen LogP contribution is -2.33. The van der Waals surface area contributed by atoms with Crippen LogP contribution < -0.4 is 5.32 Å². The van der Waals surface area contributed by atoms with Crippen LogP contribution in [-0.2, 0) is 9.59 Å². The minimum atomic E-state index is -0.200. The highest BCUT2D eigenvalue weighted by Crippen LogP contribution is 1.98. The largest absolute Gasteiger partial charge is 0.306 e. The quantitative estimate of drug-likeness (QED) is 0.595. The number of carbonyl (C=O) groups excluding carboxylic acids is 2. The van der Waals surface area contributed by atoms with E-state index >= 15 is 0 Å². The molecule has 4 heteroatoms. The van der Waals surface area contributed by atoms with E-state index in [1.807, 2.05) is 0 Å². The average molecular weight is 154 g/mol. The maximum absolute atomic E-state index is 11.1. The van der Waals surface area contributed by atoms with Crippen molar-refractivity contribution in [2.24, 2.45) is 10.9 Å². The van der Waals surface area contributed by atoms with Crippen molar-refractivity contribution in [1.82, 2.24) is 5.32 Å². The fourth-order valence-electron chi connectivity index (χ4n) is 0.775. The summed E-state index contributed by atoms with van der Waals surface area (Å²) in [4.78, 5) is 25.5. The van der Waals surface area contributed by atoms with Crippen LogP contribution in [0.4, 0.5) is 0 Å². The summed E-state index contributed by atoms with van der Waals surface area (Å²) in [6.45, 7) is 3.64. The number of hydrogen-bond donors (Lipinski definition) is 1. The van der Waals surface area contributed by atoms with Gasteiger partial charge in [-0.2, -0.15) is 0 Å². The highest BCUT2D eigenvalue weighted by atomic mass is 16.2. The van der Waals surface area contributed by atoms with E-state index in [9.17, 15) is 9.59 Å². The van der Waals surface area contributed by atoms with Gasteiger partial charge in [-0.3, -0.25) is 14.6 Å². The number of ketones is 1. The Labute approximate surface area is 64.7 Å². The van der Waals surface area contributed by atoms with Gasteiger partial charge in [0.05, 0.1) is 0 Å². The standard InChI is InChI=1S/C7H10N2O2/c1-4(2)6(11)7-8-3-5(10)9-7/h4H,3H2,1-2H3,(H,8,9,10). The molecule has 1 aliphatic rings. The molecule has 0 atom stereocenters. The summed E-state index contributed by atoms with van der Waals surface area (Å²) in [5, 5.41) is 2.40. The number of Topliss-reactive ketones (excluding diaryl/α,β-unsaturated/α-hetero) is 1. The second-order valence-electron chi connectivity index (χ2n) is 2.73. The molecule has 0 aromatic rings. The zero-order valence-electron chi connectivity index (χ0n) is 6.55. The number of nitrogens with one attached hydrogen (secondary N) is 1. The first kappa shape index (κ1) is 7.91. The second-order valence-corrected chi connectivity index (χ2v) is 2.73. The minimum Gasteiger partial charge on any atom is -0.306 e. The van der Waals surface area contributed by atoms with Gasteiger partial charge in [-0.25, -0.2) is 0 Å². The van der Waals surface area contributed by atoms with Crippen molar-refractivity contribution in [3.8, 4) is 0 Å².